The van der Waals surface area contributed by atoms with E-state index >= 15 is 0 Å². The molecule has 4 aromatic rings. The number of aliphatic imine (C=N–C) groups is 1. The average Bonchev–Trinajstić information content (AvgIpc) is 3.22. The van der Waals surface area contributed by atoms with Crippen LogP contribution in [0.5, 0.6) is 5.75 Å². The number of para-hydroxylation sites is 1. The first-order valence-corrected chi connectivity index (χ1v) is 10.3. The van der Waals surface area contributed by atoms with E-state index in [0.29, 0.717) is 17.4 Å². The van der Waals surface area contributed by atoms with E-state index in [4.69, 9.17) is 9.73 Å². The molecular weight excluding hydrogens is 404 g/mol. The van der Waals surface area contributed by atoms with E-state index in [1.165, 1.54) is 23.1 Å². The quantitative estimate of drug-likeness (QED) is 0.366. The van der Waals surface area contributed by atoms with Crippen molar-refractivity contribution >= 4 is 28.9 Å². The van der Waals surface area contributed by atoms with E-state index in [2.05, 4.69) is 17.1 Å². The van der Waals surface area contributed by atoms with E-state index in [1.54, 1.807) is 18.2 Å². The molecule has 0 radical (unpaired) electrons. The molecule has 0 amide bonds. The van der Waals surface area contributed by atoms with E-state index < -0.39 is 5.97 Å². The summed E-state index contributed by atoms with van der Waals surface area (Å²) in [6.07, 6.45) is 1.46. The van der Waals surface area contributed by atoms with Crippen molar-refractivity contribution in [1.29, 1.82) is 0 Å². The number of benzene rings is 3. The summed E-state index contributed by atoms with van der Waals surface area (Å²) in [5, 5.41) is 10.8. The lowest BCUT2D eigenvalue weighted by molar-refractivity contribution is 0.0472. The monoisotopic (exact) mass is 424 g/mol. The fourth-order valence-electron chi connectivity index (χ4n) is 4.04. The van der Waals surface area contributed by atoms with Crippen LogP contribution in [0, 0.1) is 0 Å². The number of aldehydes is 1. The Hall–Kier alpha value is -4.19. The SMILES string of the molecule is O=Cc1cc(COC(=O)c2ccc(C3=NCCc4c3[nH]c3ccccc43)cc2)ccc1O. The summed E-state index contributed by atoms with van der Waals surface area (Å²) >= 11 is 0. The molecule has 2 N–H and O–H groups in total. The lowest BCUT2D eigenvalue weighted by Crippen LogP contribution is -2.14. The van der Waals surface area contributed by atoms with Crippen molar-refractivity contribution in [2.45, 2.75) is 13.0 Å². The molecule has 1 aliphatic rings. The molecule has 0 spiro atoms. The topological polar surface area (TPSA) is 91.8 Å². The van der Waals surface area contributed by atoms with E-state index in [9.17, 15) is 14.7 Å². The van der Waals surface area contributed by atoms with Gasteiger partial charge in [0.2, 0.25) is 0 Å². The Balaban J connectivity index is 1.33. The van der Waals surface area contributed by atoms with Crippen molar-refractivity contribution in [3.8, 4) is 5.75 Å². The number of hydrogen-bond donors (Lipinski definition) is 2. The number of nitrogens with zero attached hydrogens (tertiary/aromatic N) is 1. The molecule has 0 bridgehead atoms. The standard InChI is InChI=1S/C26H20N2O4/c29-14-19-13-16(5-10-23(19)30)15-32-26(31)18-8-6-17(7-9-18)24-25-21(11-12-27-24)20-3-1-2-4-22(20)28-25/h1-10,13-14,28,30H,11-12,15H2. The third-order valence-corrected chi connectivity index (χ3v) is 5.67. The van der Waals surface area contributed by atoms with Gasteiger partial charge in [-0.1, -0.05) is 36.4 Å². The molecule has 0 fully saturated rings. The van der Waals surface area contributed by atoms with Gasteiger partial charge in [-0.3, -0.25) is 9.79 Å². The Labute approximate surface area is 184 Å². The summed E-state index contributed by atoms with van der Waals surface area (Å²) in [5.74, 6) is -0.566. The maximum Gasteiger partial charge on any atom is 0.338 e. The van der Waals surface area contributed by atoms with Gasteiger partial charge in [0.15, 0.2) is 6.29 Å². The second kappa shape index (κ2) is 8.15. The maximum absolute atomic E-state index is 12.5. The predicted octanol–water partition coefficient (Wildman–Crippen LogP) is 4.44. The van der Waals surface area contributed by atoms with Crippen LogP contribution in [0.2, 0.25) is 0 Å². The molecule has 2 heterocycles. The molecule has 1 aromatic heterocycles. The van der Waals surface area contributed by atoms with Gasteiger partial charge in [-0.15, -0.1) is 0 Å². The summed E-state index contributed by atoms with van der Waals surface area (Å²) in [6.45, 7) is 0.732. The number of H-pyrrole nitrogens is 1. The zero-order chi connectivity index (χ0) is 22.1. The number of aromatic nitrogens is 1. The lowest BCUT2D eigenvalue weighted by atomic mass is 9.97. The van der Waals surface area contributed by atoms with Gasteiger partial charge >= 0.3 is 5.97 Å². The van der Waals surface area contributed by atoms with Gasteiger partial charge in [0, 0.05) is 23.0 Å². The van der Waals surface area contributed by atoms with Crippen LogP contribution < -0.4 is 0 Å². The van der Waals surface area contributed by atoms with E-state index in [-0.39, 0.29) is 17.9 Å². The number of rotatable bonds is 5. The molecule has 6 heteroatoms. The summed E-state index contributed by atoms with van der Waals surface area (Å²) in [4.78, 5) is 31.6. The third kappa shape index (κ3) is 3.56. The highest BCUT2D eigenvalue weighted by Crippen LogP contribution is 2.28. The summed E-state index contributed by atoms with van der Waals surface area (Å²) in [7, 11) is 0. The molecule has 0 saturated carbocycles. The Morgan fingerprint density at radius 2 is 1.91 bits per heavy atom. The van der Waals surface area contributed by atoms with Crippen LogP contribution in [-0.4, -0.2) is 34.6 Å². The van der Waals surface area contributed by atoms with Crippen molar-refractivity contribution < 1.29 is 19.4 Å². The number of hydrogen-bond acceptors (Lipinski definition) is 5. The van der Waals surface area contributed by atoms with Gasteiger partial charge in [-0.25, -0.2) is 4.79 Å². The lowest BCUT2D eigenvalue weighted by Gasteiger charge is -2.14. The Bertz CT molecular complexity index is 1370. The van der Waals surface area contributed by atoms with Crippen LogP contribution in [0.3, 0.4) is 0 Å². The minimum atomic E-state index is -0.464. The smallest absolute Gasteiger partial charge is 0.338 e. The second-order valence-corrected chi connectivity index (χ2v) is 7.67. The molecule has 0 unspecified atom stereocenters. The molecule has 1 aliphatic heterocycles. The highest BCUT2D eigenvalue weighted by atomic mass is 16.5. The minimum Gasteiger partial charge on any atom is -0.507 e. The number of nitrogens with one attached hydrogen (secondary N) is 1. The molecule has 0 atom stereocenters. The normalized spacial score (nSPS) is 12.8. The number of esters is 1. The number of fused-ring (bicyclic) bond motifs is 3. The zero-order valence-corrected chi connectivity index (χ0v) is 17.2. The molecule has 0 saturated heterocycles. The molecule has 5 rings (SSSR count). The molecule has 158 valence electrons. The Morgan fingerprint density at radius 3 is 2.72 bits per heavy atom. The maximum atomic E-state index is 12.5. The molecule has 3 aromatic carbocycles. The number of phenols is 1. The largest absolute Gasteiger partial charge is 0.507 e. The van der Waals surface area contributed by atoms with Crippen LogP contribution in [0.25, 0.3) is 10.9 Å². The number of aromatic amines is 1. The number of ether oxygens (including phenoxy) is 1. The second-order valence-electron chi connectivity index (χ2n) is 7.67. The number of carbonyl (C=O) groups is 2. The minimum absolute atomic E-state index is 0.00678. The fourth-order valence-corrected chi connectivity index (χ4v) is 4.04. The van der Waals surface area contributed by atoms with Crippen LogP contribution in [0.1, 0.15) is 43.1 Å². The zero-order valence-electron chi connectivity index (χ0n) is 17.2. The van der Waals surface area contributed by atoms with E-state index in [1.807, 2.05) is 24.3 Å². The van der Waals surface area contributed by atoms with E-state index in [0.717, 1.165) is 35.5 Å². The van der Waals surface area contributed by atoms with Crippen LogP contribution in [0.15, 0.2) is 71.7 Å². The van der Waals surface area contributed by atoms with Gasteiger partial charge < -0.3 is 14.8 Å². The van der Waals surface area contributed by atoms with Gasteiger partial charge in [0.1, 0.15) is 12.4 Å². The molecule has 6 nitrogen and oxygen atoms in total. The van der Waals surface area contributed by atoms with Crippen molar-refractivity contribution in [3.63, 3.8) is 0 Å². The van der Waals surface area contributed by atoms with Gasteiger partial charge in [-0.05, 0) is 47.9 Å². The fraction of sp³-hybridized carbons (Fsp3) is 0.115. The number of aromatic hydroxyl groups is 1. The Morgan fingerprint density at radius 1 is 1.09 bits per heavy atom. The van der Waals surface area contributed by atoms with Crippen LogP contribution in [0.4, 0.5) is 0 Å². The number of carbonyl (C=O) groups excluding carboxylic acids is 2. The summed E-state index contributed by atoms with van der Waals surface area (Å²) < 4.78 is 5.36. The first-order valence-electron chi connectivity index (χ1n) is 10.3. The van der Waals surface area contributed by atoms with Gasteiger partial charge in [0.25, 0.3) is 0 Å². The first-order chi connectivity index (χ1) is 15.6. The number of phenolic OH excluding ortho intramolecular Hbond substituents is 1. The predicted molar refractivity (Wildman–Crippen MR) is 122 cm³/mol. The highest BCUT2D eigenvalue weighted by molar-refractivity contribution is 6.16. The van der Waals surface area contributed by atoms with Crippen molar-refractivity contribution in [3.05, 3.63) is 100 Å². The van der Waals surface area contributed by atoms with Crippen LogP contribution in [-0.2, 0) is 17.8 Å². The summed E-state index contributed by atoms with van der Waals surface area (Å²) in [5.41, 5.74) is 6.45. The molecule has 32 heavy (non-hydrogen) atoms. The first kappa shape index (κ1) is 19.8. The molecular formula is C26H20N2O4. The van der Waals surface area contributed by atoms with Gasteiger partial charge in [0.05, 0.1) is 22.5 Å². The average molecular weight is 424 g/mol. The van der Waals surface area contributed by atoms with Crippen LogP contribution >= 0.6 is 0 Å². The Kier molecular flexibility index (Phi) is 5.03. The summed E-state index contributed by atoms with van der Waals surface area (Å²) in [6, 6.07) is 20.0. The van der Waals surface area contributed by atoms with Crippen molar-refractivity contribution in [2.75, 3.05) is 6.54 Å². The third-order valence-electron chi connectivity index (χ3n) is 5.67. The van der Waals surface area contributed by atoms with Gasteiger partial charge in [-0.2, -0.15) is 0 Å². The van der Waals surface area contributed by atoms with Crippen molar-refractivity contribution in [1.82, 2.24) is 4.98 Å². The molecule has 0 aliphatic carbocycles. The highest BCUT2D eigenvalue weighted by Gasteiger charge is 2.21. The van der Waals surface area contributed by atoms with Crippen molar-refractivity contribution in [2.24, 2.45) is 4.99 Å².